The molecule has 1 spiro atoms. The number of fused-ring (bicyclic) bond motifs is 4. The zero-order valence-electron chi connectivity index (χ0n) is 35.5. The highest BCUT2D eigenvalue weighted by Gasteiger charge is 2.42. The predicted molar refractivity (Wildman–Crippen MR) is 229 cm³/mol. The van der Waals surface area contributed by atoms with Gasteiger partial charge in [0.05, 0.1) is 35.2 Å². The van der Waals surface area contributed by atoms with E-state index >= 15 is 8.78 Å². The quantitative estimate of drug-likeness (QED) is 0.147. The topological polar surface area (TPSA) is 134 Å². The standard InChI is InChI=1S/C45H45F5N12O2/c1-25-16-34(56-61-22-26(2)51-40(25)61)28-17-32(46)38-36(19-28)63-42(54-38)53-30-4-9-58(10-5-30)14-15-59-11-6-44(7-12-59)8-13-60(24-44)43-55-39-33(47)18-29(20-37(39)64-43)35-21-31(45(48,49)50)41-52-27(3)23-62(41)57-35/h16-23,30H,4-15,24H2,1-3H3,(H,53,54). The fourth-order valence-corrected chi connectivity index (χ4v) is 9.80. The van der Waals surface area contributed by atoms with E-state index in [4.69, 9.17) is 8.83 Å². The van der Waals surface area contributed by atoms with Gasteiger partial charge in [-0.15, -0.1) is 0 Å². The summed E-state index contributed by atoms with van der Waals surface area (Å²) in [6.07, 6.45) is 3.42. The number of aryl methyl sites for hydroxylation is 3. The van der Waals surface area contributed by atoms with Crippen molar-refractivity contribution in [2.75, 3.05) is 62.6 Å². The molecule has 3 fully saturated rings. The van der Waals surface area contributed by atoms with Crippen molar-refractivity contribution in [3.8, 4) is 22.5 Å². The minimum absolute atomic E-state index is 0.0320. The minimum atomic E-state index is -4.68. The normalized spacial score (nSPS) is 18.0. The fraction of sp³-hybridized carbons (Fsp3) is 0.422. The van der Waals surface area contributed by atoms with Crippen LogP contribution < -0.4 is 10.2 Å². The van der Waals surface area contributed by atoms with Gasteiger partial charge in [0.2, 0.25) is 0 Å². The molecule has 11 rings (SSSR count). The Balaban J connectivity index is 0.671. The summed E-state index contributed by atoms with van der Waals surface area (Å²) < 4.78 is 87.7. The molecular formula is C45H45F5N12O2. The van der Waals surface area contributed by atoms with Crippen molar-refractivity contribution < 1.29 is 30.8 Å². The molecule has 1 N–H and O–H groups in total. The fourth-order valence-electron chi connectivity index (χ4n) is 9.80. The van der Waals surface area contributed by atoms with E-state index in [-0.39, 0.29) is 45.0 Å². The lowest BCUT2D eigenvalue weighted by atomic mass is 9.78. The van der Waals surface area contributed by atoms with Crippen LogP contribution in [-0.2, 0) is 6.18 Å². The van der Waals surface area contributed by atoms with Crippen molar-refractivity contribution >= 4 is 45.5 Å². The van der Waals surface area contributed by atoms with E-state index in [0.717, 1.165) is 118 Å². The number of rotatable bonds is 8. The summed E-state index contributed by atoms with van der Waals surface area (Å²) in [5.74, 6) is -1.16. The molecule has 19 heteroatoms. The average Bonchev–Trinajstić information content (AvgIpc) is 4.10. The molecule has 8 aromatic rings. The number of nitrogens with zero attached hydrogens (tertiary/aromatic N) is 11. The highest BCUT2D eigenvalue weighted by Crippen LogP contribution is 2.43. The smallest absolute Gasteiger partial charge is 0.420 e. The zero-order valence-corrected chi connectivity index (χ0v) is 35.5. The number of hydrogen-bond acceptors (Lipinski definition) is 12. The Bertz CT molecular complexity index is 3080. The molecule has 6 aromatic heterocycles. The van der Waals surface area contributed by atoms with Crippen LogP contribution in [0.15, 0.2) is 57.6 Å². The molecular weight excluding hydrogens is 836 g/mol. The molecule has 0 radical (unpaired) electrons. The number of aromatic nitrogens is 8. The van der Waals surface area contributed by atoms with Crippen molar-refractivity contribution in [1.82, 2.24) is 49.0 Å². The second-order valence-corrected chi connectivity index (χ2v) is 17.9. The third-order valence-electron chi connectivity index (χ3n) is 13.3. The summed E-state index contributed by atoms with van der Waals surface area (Å²) in [5, 5.41) is 12.4. The lowest BCUT2D eigenvalue weighted by Gasteiger charge is -2.40. The van der Waals surface area contributed by atoms with E-state index in [1.165, 1.54) is 18.3 Å². The molecule has 0 unspecified atom stereocenters. The monoisotopic (exact) mass is 880 g/mol. The number of oxazole rings is 2. The molecule has 0 saturated carbocycles. The molecule has 0 aliphatic carbocycles. The Kier molecular flexibility index (Phi) is 9.64. The summed E-state index contributed by atoms with van der Waals surface area (Å²) >= 11 is 0. The highest BCUT2D eigenvalue weighted by molar-refractivity contribution is 5.83. The van der Waals surface area contributed by atoms with E-state index < -0.39 is 23.4 Å². The molecule has 3 saturated heterocycles. The van der Waals surface area contributed by atoms with E-state index in [1.807, 2.05) is 26.1 Å². The van der Waals surface area contributed by atoms with Crippen LogP contribution in [0.4, 0.5) is 34.0 Å². The van der Waals surface area contributed by atoms with Gasteiger partial charge in [0.25, 0.3) is 12.0 Å². The molecule has 3 aliphatic rings. The Morgan fingerprint density at radius 2 is 1.27 bits per heavy atom. The third-order valence-corrected chi connectivity index (χ3v) is 13.3. The van der Waals surface area contributed by atoms with Gasteiger partial charge in [0.15, 0.2) is 34.1 Å². The number of nitrogens with one attached hydrogen (secondary N) is 1. The molecule has 0 amide bonds. The summed E-state index contributed by atoms with van der Waals surface area (Å²) in [6.45, 7) is 12.7. The molecule has 0 bridgehead atoms. The SMILES string of the molecule is Cc1cn2nc(-c3cc(F)c4nc(NC5CCN(CCN6CCC7(CC6)CCN(c6nc8c(F)cc(-c9cc(C(F)(F)F)c%10nc(C)cn%10n9)cc8o6)C7)CC5)oc4c3)cc(C)c2n1. The van der Waals surface area contributed by atoms with Crippen LogP contribution in [-0.4, -0.2) is 107 Å². The van der Waals surface area contributed by atoms with E-state index in [2.05, 4.69) is 50.1 Å². The Hall–Kier alpha value is -6.21. The van der Waals surface area contributed by atoms with Gasteiger partial charge >= 0.3 is 6.18 Å². The predicted octanol–water partition coefficient (Wildman–Crippen LogP) is 8.48. The van der Waals surface area contributed by atoms with Gasteiger partial charge in [-0.25, -0.2) is 27.8 Å². The number of imidazole rings is 2. The van der Waals surface area contributed by atoms with Crippen molar-refractivity contribution in [1.29, 1.82) is 0 Å². The number of anilines is 2. The lowest BCUT2D eigenvalue weighted by Crippen LogP contribution is -2.46. The van der Waals surface area contributed by atoms with Gasteiger partial charge in [-0.1, -0.05) is 0 Å². The van der Waals surface area contributed by atoms with Crippen LogP contribution in [0.25, 0.3) is 56.0 Å². The van der Waals surface area contributed by atoms with Gasteiger partial charge < -0.3 is 28.9 Å². The third kappa shape index (κ3) is 7.46. The van der Waals surface area contributed by atoms with Crippen molar-refractivity contribution in [2.24, 2.45) is 5.41 Å². The average molecular weight is 881 g/mol. The van der Waals surface area contributed by atoms with Crippen molar-refractivity contribution in [2.45, 2.75) is 65.1 Å². The number of halogens is 5. The molecule has 14 nitrogen and oxygen atoms in total. The number of piperidine rings is 2. The second-order valence-electron chi connectivity index (χ2n) is 17.9. The van der Waals surface area contributed by atoms with E-state index in [0.29, 0.717) is 34.6 Å². The first-order valence-electron chi connectivity index (χ1n) is 21.7. The minimum Gasteiger partial charge on any atom is -0.423 e. The number of hydrogen-bond donors (Lipinski definition) is 1. The number of alkyl halides is 3. The Morgan fingerprint density at radius 3 is 1.94 bits per heavy atom. The van der Waals surface area contributed by atoms with E-state index in [9.17, 15) is 13.2 Å². The van der Waals surface area contributed by atoms with Crippen LogP contribution in [0.1, 0.15) is 54.6 Å². The molecule has 2 aromatic carbocycles. The molecule has 332 valence electrons. The molecule has 9 heterocycles. The van der Waals surface area contributed by atoms with Crippen LogP contribution >= 0.6 is 0 Å². The number of likely N-dealkylation sites (tertiary alicyclic amines) is 2. The van der Waals surface area contributed by atoms with E-state index in [1.54, 1.807) is 17.5 Å². The maximum absolute atomic E-state index is 15.5. The van der Waals surface area contributed by atoms with Gasteiger partial charge in [0, 0.05) is 56.4 Å². The van der Waals surface area contributed by atoms with Gasteiger partial charge in [-0.05, 0) is 113 Å². The van der Waals surface area contributed by atoms with Crippen LogP contribution in [0, 0.1) is 37.8 Å². The first-order valence-corrected chi connectivity index (χ1v) is 21.7. The van der Waals surface area contributed by atoms with Crippen LogP contribution in [0.5, 0.6) is 0 Å². The lowest BCUT2D eigenvalue weighted by molar-refractivity contribution is -0.136. The summed E-state index contributed by atoms with van der Waals surface area (Å²) in [6, 6.07) is 9.46. The largest absolute Gasteiger partial charge is 0.423 e. The second kappa shape index (κ2) is 15.2. The zero-order chi connectivity index (χ0) is 44.1. The Morgan fingerprint density at radius 1 is 0.688 bits per heavy atom. The highest BCUT2D eigenvalue weighted by atomic mass is 19.4. The maximum Gasteiger partial charge on any atom is 0.420 e. The maximum atomic E-state index is 15.5. The molecule has 0 atom stereocenters. The van der Waals surface area contributed by atoms with Crippen molar-refractivity contribution in [3.05, 3.63) is 82.9 Å². The molecule has 64 heavy (non-hydrogen) atoms. The number of benzene rings is 2. The summed E-state index contributed by atoms with van der Waals surface area (Å²) in [5.41, 5.74) is 3.84. The van der Waals surface area contributed by atoms with Gasteiger partial charge in [-0.2, -0.15) is 33.3 Å². The summed E-state index contributed by atoms with van der Waals surface area (Å²) in [7, 11) is 0. The first-order chi connectivity index (χ1) is 30.7. The first kappa shape index (κ1) is 40.6. The van der Waals surface area contributed by atoms with Gasteiger partial charge in [-0.3, -0.25) is 0 Å². The Labute approximate surface area is 363 Å². The van der Waals surface area contributed by atoms with Crippen LogP contribution in [0.2, 0.25) is 0 Å². The van der Waals surface area contributed by atoms with Gasteiger partial charge in [0.1, 0.15) is 16.6 Å². The molecule has 3 aliphatic heterocycles. The van der Waals surface area contributed by atoms with Crippen molar-refractivity contribution in [3.63, 3.8) is 0 Å². The summed E-state index contributed by atoms with van der Waals surface area (Å²) in [4.78, 5) is 24.5. The van der Waals surface area contributed by atoms with Crippen LogP contribution in [0.3, 0.4) is 0 Å².